The molecule has 0 radical (unpaired) electrons. The average molecular weight is 562 g/mol. The van der Waals surface area contributed by atoms with Gasteiger partial charge in [0.15, 0.2) is 10.6 Å². The van der Waals surface area contributed by atoms with Gasteiger partial charge in [-0.1, -0.05) is 43.7 Å². The second kappa shape index (κ2) is 11.3. The number of nitrogens with one attached hydrogen (secondary N) is 1. The molecule has 2 aromatic carbocycles. The molecule has 0 atom stereocenters. The third kappa shape index (κ3) is 5.13. The Hall–Kier alpha value is -3.98. The first-order valence-corrected chi connectivity index (χ1v) is 15.0. The van der Waals surface area contributed by atoms with Crippen molar-refractivity contribution in [3.8, 4) is 16.9 Å². The minimum absolute atomic E-state index is 0.131. The summed E-state index contributed by atoms with van der Waals surface area (Å²) in [4.78, 5) is 21.1. The largest absolute Gasteiger partial charge is 0.504 e. The first kappa shape index (κ1) is 27.6. The van der Waals surface area contributed by atoms with E-state index in [2.05, 4.69) is 9.97 Å². The van der Waals surface area contributed by atoms with Crippen LogP contribution in [0.2, 0.25) is 0 Å². The number of anilines is 2. The maximum atomic E-state index is 13.8. The predicted octanol–water partition coefficient (Wildman–Crippen LogP) is 6.24. The molecule has 2 N–H and O–H groups in total. The van der Waals surface area contributed by atoms with Crippen molar-refractivity contribution in [1.29, 1.82) is 0 Å². The van der Waals surface area contributed by atoms with E-state index >= 15 is 0 Å². The van der Waals surface area contributed by atoms with Crippen molar-refractivity contribution in [3.05, 3.63) is 93.9 Å². The van der Waals surface area contributed by atoms with Crippen LogP contribution in [0, 0.1) is 12.9 Å². The molecule has 7 nitrogen and oxygen atoms in total. The van der Waals surface area contributed by atoms with Crippen LogP contribution < -0.4 is 10.5 Å². The number of halogens is 1. The molecule has 2 aromatic heterocycles. The molecular formula is C31H32FN3O4S. The minimum atomic E-state index is -4.40. The van der Waals surface area contributed by atoms with Crippen molar-refractivity contribution in [2.75, 3.05) is 11.4 Å². The molecule has 0 fully saturated rings. The van der Waals surface area contributed by atoms with Gasteiger partial charge < -0.3 is 15.0 Å². The molecular weight excluding hydrogens is 529 g/mol. The Morgan fingerprint density at radius 3 is 2.52 bits per heavy atom. The number of hydrogen-bond acceptors (Lipinski definition) is 6. The van der Waals surface area contributed by atoms with Gasteiger partial charge in [0.05, 0.1) is 4.90 Å². The summed E-state index contributed by atoms with van der Waals surface area (Å²) in [5.41, 5.74) is 3.80. The first-order valence-electron chi connectivity index (χ1n) is 13.5. The quantitative estimate of drug-likeness (QED) is 0.259. The lowest BCUT2D eigenvalue weighted by Gasteiger charge is -2.28. The second-order valence-electron chi connectivity index (χ2n) is 10.1. The second-order valence-corrected chi connectivity index (χ2v) is 12.0. The third-order valence-electron chi connectivity index (χ3n) is 7.40. The Bertz CT molecular complexity index is 1720. The topological polar surface area (TPSA) is 103 Å². The Kier molecular flexibility index (Phi) is 7.76. The van der Waals surface area contributed by atoms with Crippen molar-refractivity contribution in [2.24, 2.45) is 0 Å². The summed E-state index contributed by atoms with van der Waals surface area (Å²) < 4.78 is 41.2. The molecule has 1 aliphatic heterocycles. The molecule has 208 valence electrons. The van der Waals surface area contributed by atoms with Gasteiger partial charge in [-0.15, -0.1) is 0 Å². The number of aryl methyl sites for hydroxylation is 3. The van der Waals surface area contributed by atoms with Gasteiger partial charge >= 0.3 is 0 Å². The van der Waals surface area contributed by atoms with E-state index in [1.165, 1.54) is 18.2 Å². The number of fused-ring (bicyclic) bond motifs is 1. The number of aromatic nitrogens is 2. The average Bonchev–Trinajstić information content (AvgIpc) is 3.14. The highest BCUT2D eigenvalue weighted by atomic mass is 32.2. The molecule has 5 rings (SSSR count). The van der Waals surface area contributed by atoms with E-state index in [1.807, 2.05) is 36.1 Å². The Morgan fingerprint density at radius 1 is 1.05 bits per heavy atom. The molecule has 4 aromatic rings. The van der Waals surface area contributed by atoms with E-state index in [-0.39, 0.29) is 4.90 Å². The number of pyridine rings is 2. The van der Waals surface area contributed by atoms with Gasteiger partial charge in [-0.2, -0.15) is 4.39 Å². The lowest BCUT2D eigenvalue weighted by atomic mass is 10.1. The first-order chi connectivity index (χ1) is 19.2. The smallest absolute Gasteiger partial charge is 0.271 e. The van der Waals surface area contributed by atoms with Crippen molar-refractivity contribution in [2.45, 2.75) is 62.2 Å². The van der Waals surface area contributed by atoms with Gasteiger partial charge in [0.2, 0.25) is 15.8 Å². The van der Waals surface area contributed by atoms with E-state index in [9.17, 15) is 22.7 Å². The van der Waals surface area contributed by atoms with Crippen molar-refractivity contribution < 1.29 is 17.9 Å². The number of para-hydroxylation sites is 1. The van der Waals surface area contributed by atoms with Crippen molar-refractivity contribution in [1.82, 2.24) is 9.97 Å². The van der Waals surface area contributed by atoms with Crippen molar-refractivity contribution in [3.63, 3.8) is 0 Å². The number of aromatic hydroxyl groups is 1. The molecule has 1 aliphatic rings. The SMILES string of the molecule is CCCCc1[nH]c(=O)c(S(=O)(=O)c2ccc(-c3ccc(F)nc3C)cc2)c(O)c1N1CCCCc2ccccc21. The Balaban J connectivity index is 1.64. The fourth-order valence-electron chi connectivity index (χ4n) is 5.38. The zero-order chi connectivity index (χ0) is 28.4. The van der Waals surface area contributed by atoms with Crippen LogP contribution in [0.4, 0.5) is 15.8 Å². The summed E-state index contributed by atoms with van der Waals surface area (Å²) in [6.07, 6.45) is 4.82. The Morgan fingerprint density at radius 2 is 1.80 bits per heavy atom. The number of sulfone groups is 1. The molecule has 0 amide bonds. The van der Waals surface area contributed by atoms with E-state index < -0.39 is 32.0 Å². The van der Waals surface area contributed by atoms with Crippen LogP contribution >= 0.6 is 0 Å². The monoisotopic (exact) mass is 561 g/mol. The number of H-pyrrole nitrogens is 1. The van der Waals surface area contributed by atoms with Crippen LogP contribution in [0.1, 0.15) is 49.6 Å². The summed E-state index contributed by atoms with van der Waals surface area (Å²) in [6.45, 7) is 4.28. The van der Waals surface area contributed by atoms with Gasteiger partial charge in [-0.05, 0) is 80.5 Å². The molecule has 0 bridgehead atoms. The highest BCUT2D eigenvalue weighted by Gasteiger charge is 2.32. The fourth-order valence-corrected chi connectivity index (χ4v) is 6.75. The van der Waals surface area contributed by atoms with E-state index in [0.717, 1.165) is 43.4 Å². The predicted molar refractivity (Wildman–Crippen MR) is 154 cm³/mol. The highest BCUT2D eigenvalue weighted by molar-refractivity contribution is 7.91. The summed E-state index contributed by atoms with van der Waals surface area (Å²) in [5, 5.41) is 11.6. The molecule has 0 saturated carbocycles. The van der Waals surface area contributed by atoms with Crippen LogP contribution in [0.5, 0.6) is 5.75 Å². The maximum Gasteiger partial charge on any atom is 0.271 e. The molecule has 0 unspecified atom stereocenters. The number of rotatable bonds is 7. The fraction of sp³-hybridized carbons (Fsp3) is 0.290. The molecule has 0 saturated heterocycles. The zero-order valence-electron chi connectivity index (χ0n) is 22.6. The van der Waals surface area contributed by atoms with Crippen LogP contribution in [0.3, 0.4) is 0 Å². The van der Waals surface area contributed by atoms with E-state index in [1.54, 1.807) is 25.1 Å². The highest BCUT2D eigenvalue weighted by Crippen LogP contribution is 2.42. The van der Waals surface area contributed by atoms with Gasteiger partial charge in [0.1, 0.15) is 5.69 Å². The summed E-state index contributed by atoms with van der Waals surface area (Å²) in [6, 6.07) is 16.7. The number of aromatic amines is 1. The number of unbranched alkanes of at least 4 members (excludes halogenated alkanes) is 1. The van der Waals surface area contributed by atoms with Gasteiger partial charge in [0, 0.05) is 29.2 Å². The van der Waals surface area contributed by atoms with Gasteiger partial charge in [-0.3, -0.25) is 4.79 Å². The number of benzene rings is 2. The van der Waals surface area contributed by atoms with E-state index in [0.29, 0.717) is 41.2 Å². The Labute approximate surface area is 233 Å². The molecule has 0 spiro atoms. The number of nitrogens with zero attached hydrogens (tertiary/aromatic N) is 2. The number of hydrogen-bond donors (Lipinski definition) is 2. The van der Waals surface area contributed by atoms with Gasteiger partial charge in [-0.25, -0.2) is 13.4 Å². The molecule has 0 aliphatic carbocycles. The molecule has 3 heterocycles. The van der Waals surface area contributed by atoms with Crippen LogP contribution in [-0.2, 0) is 22.7 Å². The minimum Gasteiger partial charge on any atom is -0.504 e. The normalized spacial score (nSPS) is 13.6. The summed E-state index contributed by atoms with van der Waals surface area (Å²) in [5.74, 6) is -1.13. The van der Waals surface area contributed by atoms with Crippen LogP contribution in [0.15, 0.2) is 75.2 Å². The lowest BCUT2D eigenvalue weighted by molar-refractivity contribution is 0.454. The third-order valence-corrected chi connectivity index (χ3v) is 9.21. The van der Waals surface area contributed by atoms with E-state index in [4.69, 9.17) is 0 Å². The van der Waals surface area contributed by atoms with Crippen molar-refractivity contribution >= 4 is 21.2 Å². The lowest BCUT2D eigenvalue weighted by Crippen LogP contribution is -2.26. The summed E-state index contributed by atoms with van der Waals surface area (Å²) in [7, 11) is -4.40. The van der Waals surface area contributed by atoms with Gasteiger partial charge in [0.25, 0.3) is 5.56 Å². The maximum absolute atomic E-state index is 13.8. The standard InChI is InChI=1S/C31H32FN3O4S/c1-3-4-11-25-28(35-19-8-7-10-22-9-5-6-12-26(22)35)29(36)30(31(37)34-25)40(38,39)23-15-13-21(14-16-23)24-17-18-27(32)33-20(24)2/h5-6,9,12-18H,3-4,7-8,10-11,19H2,1-2H3,(H2,34,36,37). The summed E-state index contributed by atoms with van der Waals surface area (Å²) >= 11 is 0. The van der Waals surface area contributed by atoms with Crippen LogP contribution in [-0.4, -0.2) is 30.0 Å². The molecule has 9 heteroatoms. The molecule has 40 heavy (non-hydrogen) atoms. The zero-order valence-corrected chi connectivity index (χ0v) is 23.4. The van der Waals surface area contributed by atoms with Crippen LogP contribution in [0.25, 0.3) is 11.1 Å².